The number of ether oxygens (including phenoxy) is 1. The van der Waals surface area contributed by atoms with Crippen LogP contribution in [0.15, 0.2) is 53.4 Å². The van der Waals surface area contributed by atoms with Crippen LogP contribution in [0.4, 0.5) is 5.69 Å². The predicted molar refractivity (Wildman–Crippen MR) is 115 cm³/mol. The summed E-state index contributed by atoms with van der Waals surface area (Å²) in [5, 5.41) is 0. The van der Waals surface area contributed by atoms with Crippen molar-refractivity contribution in [3.05, 3.63) is 54.1 Å². The van der Waals surface area contributed by atoms with Crippen molar-refractivity contribution >= 4 is 37.5 Å². The molecule has 0 aromatic heterocycles. The summed E-state index contributed by atoms with van der Waals surface area (Å²) in [4.78, 5) is 16.1. The highest BCUT2D eigenvalue weighted by molar-refractivity contribution is 9.09. The van der Waals surface area contributed by atoms with Crippen LogP contribution in [0.5, 0.6) is 5.75 Å². The molecule has 0 radical (unpaired) electrons. The molecule has 4 atom stereocenters. The monoisotopic (exact) mass is 488 g/mol. The number of para-hydroxylation sites is 2. The normalized spacial score (nSPS) is 33.9. The third kappa shape index (κ3) is 1.95. The average Bonchev–Trinajstić information content (AvgIpc) is 3.24. The zero-order valence-corrected chi connectivity index (χ0v) is 18.8. The van der Waals surface area contributed by atoms with E-state index >= 15 is 0 Å². The molecule has 3 saturated heterocycles. The minimum atomic E-state index is -3.99. The molecule has 2 aromatic carbocycles. The lowest BCUT2D eigenvalue weighted by atomic mass is 9.67. The molecule has 6 nitrogen and oxygen atoms in total. The molecular weight excluding hydrogens is 468 g/mol. The highest BCUT2D eigenvalue weighted by Gasteiger charge is 2.79. The number of amides is 1. The minimum Gasteiger partial charge on any atom is -0.463 e. The first kappa shape index (κ1) is 18.7. The van der Waals surface area contributed by atoms with Crippen molar-refractivity contribution < 1.29 is 17.9 Å². The Kier molecular flexibility index (Phi) is 3.61. The Morgan fingerprint density at radius 3 is 2.53 bits per heavy atom. The largest absolute Gasteiger partial charge is 0.463 e. The van der Waals surface area contributed by atoms with Crippen LogP contribution in [-0.2, 0) is 14.8 Å². The van der Waals surface area contributed by atoms with E-state index < -0.39 is 27.3 Å². The van der Waals surface area contributed by atoms with Crippen LogP contribution < -0.4 is 9.64 Å². The summed E-state index contributed by atoms with van der Waals surface area (Å²) >= 11 is 3.80. The molecule has 30 heavy (non-hydrogen) atoms. The zero-order chi connectivity index (χ0) is 20.9. The molecular formula is C22H21BrN2O4S. The molecule has 1 amide bonds. The number of carbonyl (C=O) groups excluding carboxylic acids is 1. The van der Waals surface area contributed by atoms with Gasteiger partial charge in [-0.2, -0.15) is 0 Å². The number of benzene rings is 2. The van der Waals surface area contributed by atoms with Gasteiger partial charge in [-0.05, 0) is 56.9 Å². The molecule has 5 aliphatic rings. The number of nitrogens with zero attached hydrogens (tertiary/aromatic N) is 2. The number of alkyl halides is 1. The van der Waals surface area contributed by atoms with Crippen molar-refractivity contribution in [2.45, 2.75) is 54.2 Å². The van der Waals surface area contributed by atoms with Gasteiger partial charge in [-0.25, -0.2) is 12.7 Å². The molecule has 156 valence electrons. The zero-order valence-electron chi connectivity index (χ0n) is 16.4. The second-order valence-corrected chi connectivity index (χ2v) is 11.6. The minimum absolute atomic E-state index is 0.0617. The molecule has 2 spiro atoms. The van der Waals surface area contributed by atoms with E-state index in [9.17, 15) is 13.2 Å². The molecule has 2 aromatic rings. The second-order valence-electron chi connectivity index (χ2n) is 8.66. The van der Waals surface area contributed by atoms with Crippen molar-refractivity contribution in [3.8, 4) is 5.75 Å². The fourth-order valence-electron chi connectivity index (χ4n) is 5.95. The van der Waals surface area contributed by atoms with Crippen LogP contribution in [0.3, 0.4) is 0 Å². The number of fused-ring (bicyclic) bond motifs is 3. The van der Waals surface area contributed by atoms with E-state index in [1.165, 1.54) is 0 Å². The summed E-state index contributed by atoms with van der Waals surface area (Å²) < 4.78 is 35.1. The Labute approximate surface area is 184 Å². The fraction of sp³-hybridized carbons (Fsp3) is 0.409. The number of carbonyl (C=O) groups is 1. The molecule has 2 bridgehead atoms. The predicted octanol–water partition coefficient (Wildman–Crippen LogP) is 3.78. The first-order valence-corrected chi connectivity index (χ1v) is 12.6. The van der Waals surface area contributed by atoms with Crippen molar-refractivity contribution in [1.29, 1.82) is 0 Å². The molecule has 8 heteroatoms. The van der Waals surface area contributed by atoms with Gasteiger partial charge in [0.1, 0.15) is 17.3 Å². The third-order valence-corrected chi connectivity index (χ3v) is 10.1. The number of piperidine rings is 2. The van der Waals surface area contributed by atoms with Crippen LogP contribution in [0.25, 0.3) is 0 Å². The van der Waals surface area contributed by atoms with Crippen LogP contribution in [0.1, 0.15) is 31.2 Å². The molecule has 7 rings (SSSR count). The van der Waals surface area contributed by atoms with Gasteiger partial charge in [0.05, 0.1) is 15.4 Å². The number of hydrogen-bond donors (Lipinski definition) is 0. The van der Waals surface area contributed by atoms with Gasteiger partial charge < -0.3 is 9.64 Å². The van der Waals surface area contributed by atoms with E-state index in [0.29, 0.717) is 25.0 Å². The van der Waals surface area contributed by atoms with Crippen LogP contribution in [0.2, 0.25) is 0 Å². The number of sulfonamides is 1. The van der Waals surface area contributed by atoms with Crippen molar-refractivity contribution in [2.75, 3.05) is 4.90 Å². The summed E-state index contributed by atoms with van der Waals surface area (Å²) in [6, 6.07) is 14.4. The van der Waals surface area contributed by atoms with Gasteiger partial charge in [-0.3, -0.25) is 4.79 Å². The van der Waals surface area contributed by atoms with Crippen LogP contribution in [0, 0.1) is 12.3 Å². The molecule has 1 saturated carbocycles. The van der Waals surface area contributed by atoms with E-state index in [0.717, 1.165) is 22.0 Å². The van der Waals surface area contributed by atoms with E-state index in [2.05, 4.69) is 20.8 Å². The molecule has 4 fully saturated rings. The molecule has 0 N–H and O–H groups in total. The topological polar surface area (TPSA) is 66.9 Å². The lowest BCUT2D eigenvalue weighted by Crippen LogP contribution is -2.80. The maximum Gasteiger partial charge on any atom is 0.268 e. The Bertz CT molecular complexity index is 1180. The highest BCUT2D eigenvalue weighted by atomic mass is 79.9. The number of hydrogen-bond acceptors (Lipinski definition) is 5. The van der Waals surface area contributed by atoms with Crippen LogP contribution in [-0.4, -0.2) is 35.3 Å². The van der Waals surface area contributed by atoms with Gasteiger partial charge in [0, 0.05) is 0 Å². The van der Waals surface area contributed by atoms with E-state index in [-0.39, 0.29) is 15.6 Å². The van der Waals surface area contributed by atoms with Gasteiger partial charge in [0.25, 0.3) is 10.0 Å². The smallest absolute Gasteiger partial charge is 0.268 e. The number of halogens is 1. The Morgan fingerprint density at radius 1 is 1.07 bits per heavy atom. The number of aryl methyl sites for hydroxylation is 1. The first-order chi connectivity index (χ1) is 14.3. The summed E-state index contributed by atoms with van der Waals surface area (Å²) in [6.07, 6.45) is 1.96. The fourth-order valence-corrected chi connectivity index (χ4v) is 8.55. The highest BCUT2D eigenvalue weighted by Crippen LogP contribution is 2.68. The quantitative estimate of drug-likeness (QED) is 0.601. The lowest BCUT2D eigenvalue weighted by Gasteiger charge is -2.62. The number of anilines is 1. The summed E-state index contributed by atoms with van der Waals surface area (Å²) in [5.41, 5.74) is 0.0512. The van der Waals surface area contributed by atoms with Crippen molar-refractivity contribution in [3.63, 3.8) is 0 Å². The Morgan fingerprint density at radius 2 is 1.77 bits per heavy atom. The lowest BCUT2D eigenvalue weighted by molar-refractivity contribution is -0.170. The summed E-state index contributed by atoms with van der Waals surface area (Å²) in [7, 11) is -3.99. The molecule has 1 aliphatic carbocycles. The van der Waals surface area contributed by atoms with Crippen molar-refractivity contribution in [2.24, 2.45) is 5.41 Å². The van der Waals surface area contributed by atoms with E-state index in [1.807, 2.05) is 31.2 Å². The first-order valence-electron chi connectivity index (χ1n) is 10.2. The summed E-state index contributed by atoms with van der Waals surface area (Å²) in [5.74, 6) is 0.382. The second kappa shape index (κ2) is 5.79. The average molecular weight is 489 g/mol. The molecule has 4 aliphatic heterocycles. The maximum absolute atomic E-state index is 13.9. The Balaban J connectivity index is 1.57. The van der Waals surface area contributed by atoms with Crippen molar-refractivity contribution in [1.82, 2.24) is 4.31 Å². The molecule has 4 heterocycles. The van der Waals surface area contributed by atoms with E-state index in [1.54, 1.807) is 24.3 Å². The maximum atomic E-state index is 13.9. The van der Waals surface area contributed by atoms with Gasteiger partial charge in [0.2, 0.25) is 11.6 Å². The van der Waals surface area contributed by atoms with Gasteiger partial charge in [-0.15, -0.1) is 0 Å². The standard InChI is InChI=1S/C22H21BrN2O4S/c1-14-6-8-15(9-7-14)30(27,28)25-19-11-13-21(20(25)26)12-10-18(23)22(21)24(19)16-4-2-3-5-17(16)29-22/h2-9,18-19H,10-13H2,1H3/t18?,19-,21-,22+/m0/s1. The van der Waals surface area contributed by atoms with Gasteiger partial charge in [-0.1, -0.05) is 45.8 Å². The van der Waals surface area contributed by atoms with Crippen LogP contribution >= 0.6 is 15.9 Å². The molecule has 1 unspecified atom stereocenters. The van der Waals surface area contributed by atoms with Gasteiger partial charge in [0.15, 0.2) is 0 Å². The summed E-state index contributed by atoms with van der Waals surface area (Å²) in [6.45, 7) is 1.91. The van der Waals surface area contributed by atoms with E-state index in [4.69, 9.17) is 4.74 Å². The Hall–Kier alpha value is -2.06. The number of rotatable bonds is 2. The SMILES string of the molecule is Cc1ccc(S(=O)(=O)N2C(=O)[C@@]34CCC(Br)[C@@]35Oc3ccccc3N5[C@@H]2CC4)cc1. The third-order valence-electron chi connectivity index (χ3n) is 7.27. The van der Waals surface area contributed by atoms with Gasteiger partial charge >= 0.3 is 0 Å².